The molecular formula is C29H30ClN3O5S. The van der Waals surface area contributed by atoms with Crippen LogP contribution in [0.1, 0.15) is 52.4 Å². The predicted molar refractivity (Wildman–Crippen MR) is 148 cm³/mol. The quantitative estimate of drug-likeness (QED) is 0.403. The zero-order valence-corrected chi connectivity index (χ0v) is 22.8. The van der Waals surface area contributed by atoms with Crippen LogP contribution in [0.15, 0.2) is 77.7 Å². The molecule has 1 heterocycles. The topological polar surface area (TPSA) is 116 Å². The van der Waals surface area contributed by atoms with Gasteiger partial charge in [0.1, 0.15) is 6.04 Å². The van der Waals surface area contributed by atoms with E-state index in [0.29, 0.717) is 42.0 Å². The summed E-state index contributed by atoms with van der Waals surface area (Å²) in [6.45, 7) is 0.466. The largest absolute Gasteiger partial charge is 0.390 e. The smallest absolute Gasteiger partial charge is 0.251 e. The number of carbonyl (C=O) groups is 2. The first kappa shape index (κ1) is 27.3. The second kappa shape index (κ2) is 11.5. The Balaban J connectivity index is 1.37. The van der Waals surface area contributed by atoms with E-state index in [1.165, 1.54) is 28.6 Å². The van der Waals surface area contributed by atoms with Crippen molar-refractivity contribution >= 4 is 33.4 Å². The van der Waals surface area contributed by atoms with Gasteiger partial charge in [0, 0.05) is 30.1 Å². The Bertz CT molecular complexity index is 1460. The summed E-state index contributed by atoms with van der Waals surface area (Å²) in [6, 6.07) is 18.8. The molecule has 0 spiro atoms. The lowest BCUT2D eigenvalue weighted by molar-refractivity contribution is -0.124. The van der Waals surface area contributed by atoms with Gasteiger partial charge in [-0.2, -0.15) is 4.31 Å². The number of fused-ring (bicyclic) bond motifs is 1. The van der Waals surface area contributed by atoms with Gasteiger partial charge in [-0.05, 0) is 72.4 Å². The van der Waals surface area contributed by atoms with Gasteiger partial charge in [-0.25, -0.2) is 8.42 Å². The minimum absolute atomic E-state index is 0.0420. The molecule has 5 rings (SSSR count). The van der Waals surface area contributed by atoms with E-state index in [1.807, 2.05) is 24.3 Å². The minimum atomic E-state index is -4.03. The van der Waals surface area contributed by atoms with Crippen LogP contribution in [0.3, 0.4) is 0 Å². The Morgan fingerprint density at radius 3 is 2.49 bits per heavy atom. The van der Waals surface area contributed by atoms with E-state index in [-0.39, 0.29) is 23.3 Å². The second-order valence-corrected chi connectivity index (χ2v) is 12.3. The van der Waals surface area contributed by atoms with Crippen LogP contribution in [0, 0.1) is 0 Å². The van der Waals surface area contributed by atoms with Gasteiger partial charge in [0.2, 0.25) is 15.9 Å². The molecule has 0 saturated carbocycles. The van der Waals surface area contributed by atoms with Crippen LogP contribution in [0.2, 0.25) is 5.02 Å². The van der Waals surface area contributed by atoms with Crippen LogP contribution >= 0.6 is 11.6 Å². The van der Waals surface area contributed by atoms with Crippen molar-refractivity contribution in [3.8, 4) is 0 Å². The van der Waals surface area contributed by atoms with E-state index < -0.39 is 28.2 Å². The summed E-state index contributed by atoms with van der Waals surface area (Å²) >= 11 is 5.97. The molecule has 3 N–H and O–H groups in total. The highest BCUT2D eigenvalue weighted by Crippen LogP contribution is 2.31. The van der Waals surface area contributed by atoms with Crippen LogP contribution in [0.4, 0.5) is 0 Å². The third-order valence-corrected chi connectivity index (χ3v) is 9.44. The van der Waals surface area contributed by atoms with E-state index in [4.69, 9.17) is 11.6 Å². The highest BCUT2D eigenvalue weighted by atomic mass is 35.5. The van der Waals surface area contributed by atoms with Crippen LogP contribution in [0.25, 0.3) is 0 Å². The summed E-state index contributed by atoms with van der Waals surface area (Å²) in [5.74, 6) is -0.660. The number of aliphatic hydroxyl groups is 1. The number of nitrogens with zero attached hydrogens (tertiary/aromatic N) is 1. The monoisotopic (exact) mass is 567 g/mol. The van der Waals surface area contributed by atoms with Gasteiger partial charge in [-0.15, -0.1) is 0 Å². The molecule has 0 unspecified atom stereocenters. The molecule has 1 fully saturated rings. The average Bonchev–Trinajstić information content (AvgIpc) is 3.08. The summed E-state index contributed by atoms with van der Waals surface area (Å²) < 4.78 is 28.7. The lowest BCUT2D eigenvalue weighted by atomic mass is 10.1. The zero-order valence-electron chi connectivity index (χ0n) is 21.2. The van der Waals surface area contributed by atoms with E-state index in [1.54, 1.807) is 24.3 Å². The van der Waals surface area contributed by atoms with Crippen LogP contribution in [-0.2, 0) is 27.8 Å². The fourth-order valence-electron chi connectivity index (χ4n) is 5.22. The average molecular weight is 568 g/mol. The minimum Gasteiger partial charge on any atom is -0.390 e. The molecule has 2 amide bonds. The Labute approximate surface area is 233 Å². The number of nitrogens with one attached hydrogen (secondary N) is 2. The lowest BCUT2D eigenvalue weighted by Crippen LogP contribution is -2.48. The first-order valence-corrected chi connectivity index (χ1v) is 14.8. The maximum atomic E-state index is 13.7. The molecule has 1 aliphatic carbocycles. The molecule has 0 aromatic heterocycles. The highest BCUT2D eigenvalue weighted by Gasteiger charge is 2.37. The third kappa shape index (κ3) is 5.86. The number of sulfonamides is 1. The van der Waals surface area contributed by atoms with E-state index in [9.17, 15) is 23.1 Å². The van der Waals surface area contributed by atoms with Crippen molar-refractivity contribution in [3.63, 3.8) is 0 Å². The molecule has 3 atom stereocenters. The maximum Gasteiger partial charge on any atom is 0.251 e. The lowest BCUT2D eigenvalue weighted by Gasteiger charge is -2.29. The molecule has 0 radical (unpaired) electrons. The number of hydrogen-bond donors (Lipinski definition) is 3. The van der Waals surface area contributed by atoms with Crippen molar-refractivity contribution in [1.29, 1.82) is 0 Å². The Morgan fingerprint density at radius 2 is 1.74 bits per heavy atom. The number of halogens is 1. The summed E-state index contributed by atoms with van der Waals surface area (Å²) in [6.07, 6.45) is 1.67. The molecule has 8 nitrogen and oxygen atoms in total. The maximum absolute atomic E-state index is 13.7. The van der Waals surface area contributed by atoms with Gasteiger partial charge in [0.25, 0.3) is 5.91 Å². The van der Waals surface area contributed by atoms with E-state index >= 15 is 0 Å². The molecule has 10 heteroatoms. The SMILES string of the molecule is O=C(N[C@H]1c2ccccc2C[C@H]1O)c1ccc(CN([C@@H]2CCCCNC2=O)S(=O)(=O)c2ccc(Cl)cc2)cc1. The summed E-state index contributed by atoms with van der Waals surface area (Å²) in [7, 11) is -4.03. The molecule has 0 bridgehead atoms. The van der Waals surface area contributed by atoms with Crippen molar-refractivity contribution in [2.24, 2.45) is 0 Å². The predicted octanol–water partition coefficient (Wildman–Crippen LogP) is 3.59. The van der Waals surface area contributed by atoms with Gasteiger partial charge in [0.15, 0.2) is 0 Å². The normalized spacial score (nSPS) is 21.2. The number of aliphatic hydroxyl groups excluding tert-OH is 1. The van der Waals surface area contributed by atoms with E-state index in [2.05, 4.69) is 10.6 Å². The number of amides is 2. The van der Waals surface area contributed by atoms with Gasteiger partial charge in [0.05, 0.1) is 17.0 Å². The summed E-state index contributed by atoms with van der Waals surface area (Å²) in [5, 5.41) is 16.6. The highest BCUT2D eigenvalue weighted by molar-refractivity contribution is 7.89. The van der Waals surface area contributed by atoms with Crippen LogP contribution in [-0.4, -0.2) is 48.3 Å². The Morgan fingerprint density at radius 1 is 1.03 bits per heavy atom. The first-order chi connectivity index (χ1) is 18.7. The molecule has 204 valence electrons. The standard InChI is InChI=1S/C29H30ClN3O5S/c30-22-12-14-23(15-13-22)39(37,38)33(25-7-3-4-16-31-29(25)36)18-19-8-10-20(11-9-19)28(35)32-27-24-6-2-1-5-21(24)17-26(27)34/h1-2,5-6,8-15,25-27,34H,3-4,7,16-18H2,(H,31,36)(H,32,35)/t25-,26-,27+/m1/s1. The molecule has 3 aromatic rings. The number of hydrogen-bond acceptors (Lipinski definition) is 5. The van der Waals surface area contributed by atoms with Crippen molar-refractivity contribution in [3.05, 3.63) is 100 Å². The van der Waals surface area contributed by atoms with Crippen molar-refractivity contribution in [2.45, 2.75) is 55.3 Å². The van der Waals surface area contributed by atoms with Crippen LogP contribution in [0.5, 0.6) is 0 Å². The number of rotatable bonds is 7. The fraction of sp³-hybridized carbons (Fsp3) is 0.310. The summed E-state index contributed by atoms with van der Waals surface area (Å²) in [5.41, 5.74) is 2.93. The number of carbonyl (C=O) groups excluding carboxylic acids is 2. The molecular weight excluding hydrogens is 538 g/mol. The summed E-state index contributed by atoms with van der Waals surface area (Å²) in [4.78, 5) is 25.9. The van der Waals surface area contributed by atoms with Gasteiger partial charge in [-0.3, -0.25) is 9.59 Å². The van der Waals surface area contributed by atoms with Crippen LogP contribution < -0.4 is 10.6 Å². The fourth-order valence-corrected chi connectivity index (χ4v) is 6.95. The molecule has 3 aromatic carbocycles. The molecule has 39 heavy (non-hydrogen) atoms. The second-order valence-electron chi connectivity index (χ2n) is 9.93. The number of benzene rings is 3. The third-order valence-electron chi connectivity index (χ3n) is 7.32. The Hall–Kier alpha value is -3.24. The Kier molecular flexibility index (Phi) is 8.04. The van der Waals surface area contributed by atoms with Gasteiger partial charge >= 0.3 is 0 Å². The zero-order chi connectivity index (χ0) is 27.6. The van der Waals surface area contributed by atoms with Crippen molar-refractivity contribution < 1.29 is 23.1 Å². The van der Waals surface area contributed by atoms with Crippen molar-refractivity contribution in [1.82, 2.24) is 14.9 Å². The molecule has 1 saturated heterocycles. The molecule has 1 aliphatic heterocycles. The van der Waals surface area contributed by atoms with E-state index in [0.717, 1.165) is 17.5 Å². The van der Waals surface area contributed by atoms with Gasteiger partial charge in [-0.1, -0.05) is 48.0 Å². The molecule has 2 aliphatic rings. The van der Waals surface area contributed by atoms with Crippen molar-refractivity contribution in [2.75, 3.05) is 6.54 Å². The van der Waals surface area contributed by atoms with Gasteiger partial charge < -0.3 is 15.7 Å². The first-order valence-electron chi connectivity index (χ1n) is 12.9.